The molecular weight excluding hydrogens is 124 g/mol. The minimum Gasteiger partial charge on any atom is -0.308 e. The van der Waals surface area contributed by atoms with Crippen LogP contribution in [0.3, 0.4) is 0 Å². The number of hydrogen-bond acceptors (Lipinski definition) is 2. The first-order chi connectivity index (χ1) is 4.56. The molecule has 0 aromatic heterocycles. The van der Waals surface area contributed by atoms with E-state index in [4.69, 9.17) is 0 Å². The van der Waals surface area contributed by atoms with Gasteiger partial charge in [0.25, 0.3) is 0 Å². The van der Waals surface area contributed by atoms with Gasteiger partial charge >= 0.3 is 0 Å². The SMILES string of the molecule is CNCNCCC(C)(C)C. The molecule has 0 aliphatic heterocycles. The summed E-state index contributed by atoms with van der Waals surface area (Å²) in [5.74, 6) is 0. The van der Waals surface area contributed by atoms with Crippen LogP contribution in [0.5, 0.6) is 0 Å². The molecule has 2 heteroatoms. The molecule has 0 aromatic carbocycles. The van der Waals surface area contributed by atoms with Gasteiger partial charge in [0, 0.05) is 6.67 Å². The molecule has 0 atom stereocenters. The highest BCUT2D eigenvalue weighted by molar-refractivity contribution is 4.62. The molecule has 0 aromatic rings. The van der Waals surface area contributed by atoms with Crippen LogP contribution in [0.1, 0.15) is 27.2 Å². The average Bonchev–Trinajstić information content (AvgIpc) is 1.78. The lowest BCUT2D eigenvalue weighted by Crippen LogP contribution is -2.28. The van der Waals surface area contributed by atoms with Crippen LogP contribution in [0.15, 0.2) is 0 Å². The Bertz CT molecular complexity index is 73.8. The van der Waals surface area contributed by atoms with Gasteiger partial charge in [-0.1, -0.05) is 20.8 Å². The van der Waals surface area contributed by atoms with Crippen molar-refractivity contribution in [3.63, 3.8) is 0 Å². The Morgan fingerprint density at radius 3 is 2.20 bits per heavy atom. The third kappa shape index (κ3) is 7.92. The predicted molar refractivity (Wildman–Crippen MR) is 46.0 cm³/mol. The summed E-state index contributed by atoms with van der Waals surface area (Å²) in [5, 5.41) is 6.32. The van der Waals surface area contributed by atoms with Crippen LogP contribution in [0.2, 0.25) is 0 Å². The topological polar surface area (TPSA) is 24.1 Å². The van der Waals surface area contributed by atoms with Crippen molar-refractivity contribution in [3.8, 4) is 0 Å². The minimum atomic E-state index is 0.459. The highest BCUT2D eigenvalue weighted by Crippen LogP contribution is 2.16. The van der Waals surface area contributed by atoms with E-state index in [1.54, 1.807) is 0 Å². The summed E-state index contributed by atoms with van der Waals surface area (Å²) >= 11 is 0. The predicted octanol–water partition coefficient (Wildman–Crippen LogP) is 1.19. The van der Waals surface area contributed by atoms with Crippen molar-refractivity contribution in [2.24, 2.45) is 5.41 Å². The molecule has 62 valence electrons. The van der Waals surface area contributed by atoms with Crippen LogP contribution in [0.25, 0.3) is 0 Å². The number of hydrogen-bond donors (Lipinski definition) is 2. The maximum absolute atomic E-state index is 3.28. The zero-order valence-corrected chi connectivity index (χ0v) is 7.62. The molecule has 0 rings (SSSR count). The normalized spacial score (nSPS) is 12.0. The van der Waals surface area contributed by atoms with Crippen molar-refractivity contribution in [2.75, 3.05) is 20.3 Å². The Hall–Kier alpha value is -0.0800. The Morgan fingerprint density at radius 1 is 1.20 bits per heavy atom. The number of rotatable bonds is 4. The molecule has 2 N–H and O–H groups in total. The van der Waals surface area contributed by atoms with Gasteiger partial charge in [-0.2, -0.15) is 0 Å². The third-order valence-electron chi connectivity index (χ3n) is 1.35. The maximum atomic E-state index is 3.28. The quantitative estimate of drug-likeness (QED) is 0.457. The molecule has 10 heavy (non-hydrogen) atoms. The van der Waals surface area contributed by atoms with E-state index in [2.05, 4.69) is 31.4 Å². The second-order valence-electron chi connectivity index (χ2n) is 3.84. The summed E-state index contributed by atoms with van der Waals surface area (Å²) in [6.07, 6.45) is 1.23. The third-order valence-corrected chi connectivity index (χ3v) is 1.35. The molecule has 0 fully saturated rings. The van der Waals surface area contributed by atoms with Crippen LogP contribution in [-0.4, -0.2) is 20.3 Å². The van der Waals surface area contributed by atoms with Gasteiger partial charge in [0.2, 0.25) is 0 Å². The van der Waals surface area contributed by atoms with Crippen LogP contribution < -0.4 is 10.6 Å². The number of nitrogens with one attached hydrogen (secondary N) is 2. The van der Waals surface area contributed by atoms with Crippen molar-refractivity contribution >= 4 is 0 Å². The lowest BCUT2D eigenvalue weighted by molar-refractivity contribution is 0.365. The largest absolute Gasteiger partial charge is 0.308 e. The van der Waals surface area contributed by atoms with Gasteiger partial charge in [-0.3, -0.25) is 0 Å². The molecule has 0 saturated carbocycles. The van der Waals surface area contributed by atoms with E-state index < -0.39 is 0 Å². The molecule has 0 saturated heterocycles. The van der Waals surface area contributed by atoms with Gasteiger partial charge in [0.1, 0.15) is 0 Å². The highest BCUT2D eigenvalue weighted by atomic mass is 15.0. The van der Waals surface area contributed by atoms with E-state index in [0.717, 1.165) is 13.2 Å². The van der Waals surface area contributed by atoms with Gasteiger partial charge in [-0.25, -0.2) is 0 Å². The van der Waals surface area contributed by atoms with Crippen molar-refractivity contribution in [1.29, 1.82) is 0 Å². The fourth-order valence-electron chi connectivity index (χ4n) is 0.677. The Morgan fingerprint density at radius 2 is 1.80 bits per heavy atom. The van der Waals surface area contributed by atoms with Crippen molar-refractivity contribution in [2.45, 2.75) is 27.2 Å². The second-order valence-corrected chi connectivity index (χ2v) is 3.84. The Labute approximate surface area is 64.4 Å². The summed E-state index contributed by atoms with van der Waals surface area (Å²) in [7, 11) is 1.95. The fraction of sp³-hybridized carbons (Fsp3) is 1.00. The minimum absolute atomic E-state index is 0.459. The zero-order chi connectivity index (χ0) is 8.04. The monoisotopic (exact) mass is 144 g/mol. The maximum Gasteiger partial charge on any atom is 0.0451 e. The van der Waals surface area contributed by atoms with Crippen molar-refractivity contribution in [1.82, 2.24) is 10.6 Å². The standard InChI is InChI=1S/C8H20N2/c1-8(2,3)5-6-10-7-9-4/h9-10H,5-7H2,1-4H3. The first kappa shape index (κ1) is 9.92. The Balaban J connectivity index is 3.04. The summed E-state index contributed by atoms with van der Waals surface area (Å²) in [6, 6.07) is 0. The van der Waals surface area contributed by atoms with Gasteiger partial charge in [0.05, 0.1) is 0 Å². The van der Waals surface area contributed by atoms with E-state index in [-0.39, 0.29) is 0 Å². The Kier molecular flexibility index (Phi) is 4.65. The molecule has 0 radical (unpaired) electrons. The van der Waals surface area contributed by atoms with E-state index in [0.29, 0.717) is 5.41 Å². The lowest BCUT2D eigenvalue weighted by Gasteiger charge is -2.17. The summed E-state index contributed by atoms with van der Waals surface area (Å²) in [4.78, 5) is 0. The van der Waals surface area contributed by atoms with Gasteiger partial charge in [0.15, 0.2) is 0 Å². The van der Waals surface area contributed by atoms with Crippen molar-refractivity contribution in [3.05, 3.63) is 0 Å². The average molecular weight is 144 g/mol. The molecule has 0 bridgehead atoms. The van der Waals surface area contributed by atoms with Gasteiger partial charge < -0.3 is 10.6 Å². The van der Waals surface area contributed by atoms with Crippen LogP contribution >= 0.6 is 0 Å². The molecule has 0 aliphatic rings. The van der Waals surface area contributed by atoms with E-state index in [1.165, 1.54) is 6.42 Å². The van der Waals surface area contributed by atoms with Crippen LogP contribution in [0.4, 0.5) is 0 Å². The van der Waals surface area contributed by atoms with Crippen LogP contribution in [0, 0.1) is 5.41 Å². The van der Waals surface area contributed by atoms with Gasteiger partial charge in [-0.05, 0) is 25.4 Å². The molecule has 0 amide bonds. The lowest BCUT2D eigenvalue weighted by atomic mass is 9.92. The van der Waals surface area contributed by atoms with Crippen LogP contribution in [-0.2, 0) is 0 Å². The molecular formula is C8H20N2. The molecule has 0 aliphatic carbocycles. The molecule has 0 unspecified atom stereocenters. The van der Waals surface area contributed by atoms with E-state index in [9.17, 15) is 0 Å². The molecule has 2 nitrogen and oxygen atoms in total. The zero-order valence-electron chi connectivity index (χ0n) is 7.62. The van der Waals surface area contributed by atoms with Crippen molar-refractivity contribution < 1.29 is 0 Å². The smallest absolute Gasteiger partial charge is 0.0451 e. The van der Waals surface area contributed by atoms with E-state index in [1.807, 2.05) is 7.05 Å². The summed E-state index contributed by atoms with van der Waals surface area (Å²) in [5.41, 5.74) is 0.459. The van der Waals surface area contributed by atoms with Gasteiger partial charge in [-0.15, -0.1) is 0 Å². The fourth-order valence-corrected chi connectivity index (χ4v) is 0.677. The highest BCUT2D eigenvalue weighted by Gasteiger charge is 2.07. The summed E-state index contributed by atoms with van der Waals surface area (Å²) < 4.78 is 0. The van der Waals surface area contributed by atoms with E-state index >= 15 is 0 Å². The summed E-state index contributed by atoms with van der Waals surface area (Å²) in [6.45, 7) is 8.79. The molecule has 0 heterocycles. The molecule has 0 spiro atoms. The second kappa shape index (κ2) is 4.69. The first-order valence-electron chi connectivity index (χ1n) is 3.91. The first-order valence-corrected chi connectivity index (χ1v) is 3.91.